The van der Waals surface area contributed by atoms with E-state index in [1.165, 1.54) is 9.26 Å². The lowest BCUT2D eigenvalue weighted by Crippen LogP contribution is -2.58. The monoisotopic (exact) mass is 345 g/mol. The van der Waals surface area contributed by atoms with Crippen LogP contribution < -0.4 is 5.32 Å². The predicted octanol–water partition coefficient (Wildman–Crippen LogP) is 3.91. The molecule has 2 unspecified atom stereocenters. The quantitative estimate of drug-likeness (QED) is 0.836. The molecule has 2 nitrogen and oxygen atoms in total. The van der Waals surface area contributed by atoms with Gasteiger partial charge in [-0.15, -0.1) is 0 Å². The number of benzene rings is 1. The molecule has 2 atom stereocenters. The van der Waals surface area contributed by atoms with E-state index >= 15 is 0 Å². The van der Waals surface area contributed by atoms with E-state index in [-0.39, 0.29) is 5.41 Å². The van der Waals surface area contributed by atoms with Crippen molar-refractivity contribution in [2.24, 2.45) is 5.41 Å². The molecule has 1 aliphatic carbocycles. The Hall–Kier alpha value is -0.290. The number of hydrogen-bond acceptors (Lipinski definition) is 2. The summed E-state index contributed by atoms with van der Waals surface area (Å²) < 4.78 is 7.01. The van der Waals surface area contributed by atoms with Gasteiger partial charge in [-0.2, -0.15) is 0 Å². The van der Waals surface area contributed by atoms with Gasteiger partial charge in [0.2, 0.25) is 0 Å². The normalized spacial score (nSPS) is 26.4. The Morgan fingerprint density at radius 2 is 2.24 bits per heavy atom. The third kappa shape index (κ3) is 2.76. The van der Waals surface area contributed by atoms with Gasteiger partial charge >= 0.3 is 0 Å². The van der Waals surface area contributed by atoms with Crippen molar-refractivity contribution in [2.45, 2.75) is 39.3 Å². The predicted molar refractivity (Wildman–Crippen MR) is 80.4 cm³/mol. The fraction of sp³-hybridized carbons (Fsp3) is 0.571. The van der Waals surface area contributed by atoms with Gasteiger partial charge in [0, 0.05) is 27.3 Å². The molecule has 2 rings (SSSR count). The molecule has 0 bridgehead atoms. The van der Waals surface area contributed by atoms with Crippen molar-refractivity contribution < 1.29 is 4.74 Å². The molecule has 1 aromatic carbocycles. The first-order chi connectivity index (χ1) is 8.04. The highest BCUT2D eigenvalue weighted by Crippen LogP contribution is 2.44. The van der Waals surface area contributed by atoms with Crippen LogP contribution in [0.1, 0.15) is 27.2 Å². The van der Waals surface area contributed by atoms with Crippen molar-refractivity contribution in [3.8, 4) is 0 Å². The second-order valence-electron chi connectivity index (χ2n) is 5.21. The summed E-state index contributed by atoms with van der Waals surface area (Å²) in [5, 5.41) is 3.61. The standard InChI is InChI=1S/C14H20INO/c1-4-17-13-9-12(14(13,2)3)16-11-7-5-6-10(15)8-11/h5-8,12-13,16H,4,9H2,1-3H3. The van der Waals surface area contributed by atoms with Crippen LogP contribution in [0.2, 0.25) is 0 Å². The topological polar surface area (TPSA) is 21.3 Å². The molecule has 1 N–H and O–H groups in total. The molecular formula is C14H20INO. The number of halogens is 1. The van der Waals surface area contributed by atoms with Gasteiger partial charge in [-0.3, -0.25) is 0 Å². The van der Waals surface area contributed by atoms with Crippen molar-refractivity contribution in [3.05, 3.63) is 27.8 Å². The highest BCUT2D eigenvalue weighted by molar-refractivity contribution is 14.1. The van der Waals surface area contributed by atoms with E-state index in [0.29, 0.717) is 12.1 Å². The van der Waals surface area contributed by atoms with Gasteiger partial charge in [-0.25, -0.2) is 0 Å². The van der Waals surface area contributed by atoms with Gasteiger partial charge in [-0.05, 0) is 54.1 Å². The van der Waals surface area contributed by atoms with Gasteiger partial charge in [0.05, 0.1) is 6.10 Å². The molecule has 1 saturated carbocycles. The van der Waals surface area contributed by atoms with Crippen molar-refractivity contribution in [3.63, 3.8) is 0 Å². The van der Waals surface area contributed by atoms with Gasteiger partial charge in [0.15, 0.2) is 0 Å². The smallest absolute Gasteiger partial charge is 0.0665 e. The molecular weight excluding hydrogens is 325 g/mol. The number of hydrogen-bond donors (Lipinski definition) is 1. The Morgan fingerprint density at radius 1 is 1.47 bits per heavy atom. The molecule has 0 heterocycles. The lowest BCUT2D eigenvalue weighted by Gasteiger charge is -2.52. The van der Waals surface area contributed by atoms with Crippen molar-refractivity contribution >= 4 is 28.3 Å². The fourth-order valence-corrected chi connectivity index (χ4v) is 2.94. The first kappa shape index (κ1) is 13.1. The summed E-state index contributed by atoms with van der Waals surface area (Å²) in [6, 6.07) is 9.03. The summed E-state index contributed by atoms with van der Waals surface area (Å²) >= 11 is 2.34. The van der Waals surface area contributed by atoms with Crippen LogP contribution in [0.25, 0.3) is 0 Å². The number of ether oxygens (including phenoxy) is 1. The van der Waals surface area contributed by atoms with E-state index in [9.17, 15) is 0 Å². The van der Waals surface area contributed by atoms with Crippen LogP contribution in [0, 0.1) is 8.99 Å². The maximum atomic E-state index is 5.74. The lowest BCUT2D eigenvalue weighted by atomic mass is 9.64. The van der Waals surface area contributed by atoms with E-state index in [4.69, 9.17) is 4.74 Å². The molecule has 0 aromatic heterocycles. The Balaban J connectivity index is 1.98. The molecule has 0 spiro atoms. The summed E-state index contributed by atoms with van der Waals surface area (Å²) in [4.78, 5) is 0. The zero-order chi connectivity index (χ0) is 12.5. The minimum Gasteiger partial charge on any atom is -0.382 e. The third-order valence-electron chi connectivity index (χ3n) is 3.71. The average molecular weight is 345 g/mol. The second kappa shape index (κ2) is 5.14. The molecule has 1 fully saturated rings. The molecule has 1 aliphatic rings. The van der Waals surface area contributed by atoms with Crippen LogP contribution in [0.15, 0.2) is 24.3 Å². The van der Waals surface area contributed by atoms with E-state index < -0.39 is 0 Å². The van der Waals surface area contributed by atoms with Crippen molar-refractivity contribution in [2.75, 3.05) is 11.9 Å². The highest BCUT2D eigenvalue weighted by atomic mass is 127. The highest BCUT2D eigenvalue weighted by Gasteiger charge is 2.48. The summed E-state index contributed by atoms with van der Waals surface area (Å²) in [7, 11) is 0. The first-order valence-electron chi connectivity index (χ1n) is 6.17. The molecule has 1 aromatic rings. The molecule has 94 valence electrons. The third-order valence-corrected chi connectivity index (χ3v) is 4.38. The Bertz CT molecular complexity index is 392. The summed E-state index contributed by atoms with van der Waals surface area (Å²) in [5.74, 6) is 0. The summed E-state index contributed by atoms with van der Waals surface area (Å²) in [5.41, 5.74) is 1.43. The zero-order valence-corrected chi connectivity index (χ0v) is 12.8. The van der Waals surface area contributed by atoms with Crippen LogP contribution in [0.4, 0.5) is 5.69 Å². The van der Waals surface area contributed by atoms with Crippen LogP contribution in [-0.2, 0) is 4.74 Å². The average Bonchev–Trinajstić information content (AvgIpc) is 2.28. The number of anilines is 1. The molecule has 0 aliphatic heterocycles. The minimum atomic E-state index is 0.220. The van der Waals surface area contributed by atoms with E-state index in [2.05, 4.69) is 72.9 Å². The number of rotatable bonds is 4. The first-order valence-corrected chi connectivity index (χ1v) is 7.25. The summed E-state index contributed by atoms with van der Waals surface area (Å²) in [6.07, 6.45) is 1.50. The van der Waals surface area contributed by atoms with Crippen LogP contribution >= 0.6 is 22.6 Å². The minimum absolute atomic E-state index is 0.220. The molecule has 0 saturated heterocycles. The fourth-order valence-electron chi connectivity index (χ4n) is 2.39. The Labute approximate surface area is 117 Å². The van der Waals surface area contributed by atoms with Gasteiger partial charge in [0.1, 0.15) is 0 Å². The second-order valence-corrected chi connectivity index (χ2v) is 6.45. The molecule has 3 heteroatoms. The van der Waals surface area contributed by atoms with Crippen LogP contribution in [0.5, 0.6) is 0 Å². The van der Waals surface area contributed by atoms with E-state index in [1.807, 2.05) is 0 Å². The van der Waals surface area contributed by atoms with Crippen molar-refractivity contribution in [1.29, 1.82) is 0 Å². The van der Waals surface area contributed by atoms with Crippen molar-refractivity contribution in [1.82, 2.24) is 0 Å². The number of nitrogens with one attached hydrogen (secondary N) is 1. The summed E-state index contributed by atoms with van der Waals surface area (Å²) in [6.45, 7) is 7.44. The van der Waals surface area contributed by atoms with Gasteiger partial charge < -0.3 is 10.1 Å². The largest absolute Gasteiger partial charge is 0.382 e. The van der Waals surface area contributed by atoms with Gasteiger partial charge in [-0.1, -0.05) is 19.9 Å². The van der Waals surface area contributed by atoms with Crippen LogP contribution in [-0.4, -0.2) is 18.8 Å². The zero-order valence-electron chi connectivity index (χ0n) is 10.7. The van der Waals surface area contributed by atoms with E-state index in [1.54, 1.807) is 0 Å². The maximum absolute atomic E-state index is 5.74. The van der Waals surface area contributed by atoms with E-state index in [0.717, 1.165) is 13.0 Å². The Kier molecular flexibility index (Phi) is 3.98. The molecule has 0 radical (unpaired) electrons. The van der Waals surface area contributed by atoms with Crippen LogP contribution in [0.3, 0.4) is 0 Å². The van der Waals surface area contributed by atoms with Gasteiger partial charge in [0.25, 0.3) is 0 Å². The SMILES string of the molecule is CCOC1CC(Nc2cccc(I)c2)C1(C)C. The Morgan fingerprint density at radius 3 is 2.82 bits per heavy atom. The molecule has 0 amide bonds. The lowest BCUT2D eigenvalue weighted by molar-refractivity contribution is -0.0975. The maximum Gasteiger partial charge on any atom is 0.0665 e. The molecule has 17 heavy (non-hydrogen) atoms.